The molecule has 2 rings (SSSR count). The normalized spacial score (nSPS) is 10.8. The number of hydrogen-bond donors (Lipinski definition) is 1. The van der Waals surface area contributed by atoms with Crippen LogP contribution in [0.4, 0.5) is 11.6 Å². The summed E-state index contributed by atoms with van der Waals surface area (Å²) in [6.45, 7) is 0. The van der Waals surface area contributed by atoms with E-state index in [4.69, 9.17) is 0 Å². The summed E-state index contributed by atoms with van der Waals surface area (Å²) in [7, 11) is 0. The van der Waals surface area contributed by atoms with E-state index in [1.807, 2.05) is 0 Å². The minimum atomic E-state index is -1.50. The van der Waals surface area contributed by atoms with Crippen LogP contribution in [0.3, 0.4) is 0 Å². The molecule has 1 aromatic heterocycles. The quantitative estimate of drug-likeness (QED) is 0.491. The summed E-state index contributed by atoms with van der Waals surface area (Å²) in [5.74, 6) is -2.06. The summed E-state index contributed by atoms with van der Waals surface area (Å²) in [6.07, 6.45) is 1.28. The van der Waals surface area contributed by atoms with Gasteiger partial charge in [-0.15, -0.1) is 5.10 Å². The van der Waals surface area contributed by atoms with Crippen molar-refractivity contribution in [2.45, 2.75) is 0 Å². The zero-order chi connectivity index (χ0) is 14.7. The molecule has 20 heavy (non-hydrogen) atoms. The van der Waals surface area contributed by atoms with Crippen molar-refractivity contribution < 1.29 is 14.8 Å². The number of benzene rings is 1. The molecular formula is C10H5BrN5O4-. The van der Waals surface area contributed by atoms with Crippen molar-refractivity contribution in [3.05, 3.63) is 44.2 Å². The van der Waals surface area contributed by atoms with E-state index in [1.54, 1.807) is 6.07 Å². The number of aromatic nitrogens is 3. The summed E-state index contributed by atoms with van der Waals surface area (Å²) in [5, 5.41) is 26.9. The number of carbonyl (C=O) groups is 1. The third-order valence-corrected chi connectivity index (χ3v) is 2.83. The number of nitrogens with zero attached hydrogens (tertiary/aromatic N) is 4. The number of nitro benzene ring substituents is 1. The molecule has 0 aliphatic heterocycles. The average molecular weight is 339 g/mol. The van der Waals surface area contributed by atoms with Crippen LogP contribution in [0.1, 0.15) is 16.2 Å². The Morgan fingerprint density at radius 3 is 2.85 bits per heavy atom. The molecule has 0 bridgehead atoms. The van der Waals surface area contributed by atoms with Gasteiger partial charge in [-0.1, -0.05) is 6.07 Å². The monoisotopic (exact) mass is 338 g/mol. The predicted octanol–water partition coefficient (Wildman–Crippen LogP) is 0.589. The summed E-state index contributed by atoms with van der Waals surface area (Å²) >= 11 is 3.06. The topological polar surface area (TPSA) is 137 Å². The lowest BCUT2D eigenvalue weighted by Gasteiger charge is -1.96. The Hall–Kier alpha value is -2.62. The molecule has 0 unspecified atom stereocenters. The maximum atomic E-state index is 10.8. The zero-order valence-electron chi connectivity index (χ0n) is 9.61. The fraction of sp³-hybridized carbons (Fsp3) is 0. The Kier molecular flexibility index (Phi) is 3.84. The molecule has 0 atom stereocenters. The van der Waals surface area contributed by atoms with Gasteiger partial charge in [0.15, 0.2) is 5.82 Å². The molecular weight excluding hydrogens is 334 g/mol. The molecule has 10 heteroatoms. The molecule has 0 saturated carbocycles. The van der Waals surface area contributed by atoms with Gasteiger partial charge in [-0.2, -0.15) is 4.98 Å². The maximum Gasteiger partial charge on any atom is 0.284 e. The van der Waals surface area contributed by atoms with Gasteiger partial charge >= 0.3 is 0 Å². The van der Waals surface area contributed by atoms with Gasteiger partial charge in [0.2, 0.25) is 0 Å². The Balaban J connectivity index is 2.24. The van der Waals surface area contributed by atoms with E-state index in [9.17, 15) is 20.0 Å². The number of halogens is 1. The van der Waals surface area contributed by atoms with E-state index >= 15 is 0 Å². The molecule has 0 radical (unpaired) electrons. The Labute approximate surface area is 119 Å². The van der Waals surface area contributed by atoms with Crippen LogP contribution in [0, 0.1) is 10.1 Å². The summed E-state index contributed by atoms with van der Waals surface area (Å²) in [4.78, 5) is 28.0. The molecule has 9 nitrogen and oxygen atoms in total. The van der Waals surface area contributed by atoms with Crippen molar-refractivity contribution in [3.63, 3.8) is 0 Å². The molecule has 1 heterocycles. The van der Waals surface area contributed by atoms with Crippen LogP contribution >= 0.6 is 15.9 Å². The number of aromatic amines is 1. The first kappa shape index (κ1) is 13.8. The number of H-pyrrole nitrogens is 1. The number of carboxylic acids is 1. The Bertz CT molecular complexity index is 711. The number of rotatable bonds is 4. The molecule has 0 amide bonds. The van der Waals surface area contributed by atoms with Crippen LogP contribution < -0.4 is 5.11 Å². The average Bonchev–Trinajstić information content (AvgIpc) is 2.86. The summed E-state index contributed by atoms with van der Waals surface area (Å²) in [5.41, 5.74) is 0.332. The molecule has 0 saturated heterocycles. The van der Waals surface area contributed by atoms with E-state index < -0.39 is 16.7 Å². The molecule has 0 spiro atoms. The van der Waals surface area contributed by atoms with E-state index in [-0.39, 0.29) is 11.6 Å². The highest BCUT2D eigenvalue weighted by molar-refractivity contribution is 9.10. The number of nitrogens with one attached hydrogen (secondary N) is 1. The van der Waals surface area contributed by atoms with E-state index in [0.29, 0.717) is 10.0 Å². The molecule has 1 N–H and O–H groups in total. The largest absolute Gasteiger partial charge is 0.542 e. The summed E-state index contributed by atoms with van der Waals surface area (Å²) in [6, 6.07) is 4.40. The number of carboxylic acid groups (broad SMARTS) is 1. The van der Waals surface area contributed by atoms with Crippen molar-refractivity contribution in [2.24, 2.45) is 4.99 Å². The van der Waals surface area contributed by atoms with Gasteiger partial charge in [0.25, 0.3) is 11.6 Å². The standard InChI is InChI=1S/C10H6BrN5O4/c11-6-2-1-5(3-7(6)16(19)20)4-12-10-13-8(9(17)18)14-15-10/h1-4H,(H,17,18)(H,13,14,15)/p-1. The predicted molar refractivity (Wildman–Crippen MR) is 68.8 cm³/mol. The van der Waals surface area contributed by atoms with Crippen LogP contribution in [0.15, 0.2) is 27.7 Å². The molecule has 0 fully saturated rings. The molecule has 0 aliphatic rings. The van der Waals surface area contributed by atoms with E-state index in [0.717, 1.165) is 0 Å². The fourth-order valence-corrected chi connectivity index (χ4v) is 1.68. The Morgan fingerprint density at radius 1 is 1.50 bits per heavy atom. The van der Waals surface area contributed by atoms with Crippen molar-refractivity contribution in [2.75, 3.05) is 0 Å². The second-order valence-corrected chi connectivity index (χ2v) is 4.35. The second kappa shape index (κ2) is 5.57. The summed E-state index contributed by atoms with van der Waals surface area (Å²) < 4.78 is 0.344. The van der Waals surface area contributed by atoms with Crippen LogP contribution in [-0.2, 0) is 0 Å². The van der Waals surface area contributed by atoms with E-state index in [1.165, 1.54) is 18.3 Å². The third-order valence-electron chi connectivity index (χ3n) is 2.16. The molecule has 0 aliphatic carbocycles. The lowest BCUT2D eigenvalue weighted by molar-refractivity contribution is -0.385. The van der Waals surface area contributed by atoms with Crippen molar-refractivity contribution >= 4 is 39.7 Å². The minimum Gasteiger partial charge on any atom is -0.542 e. The van der Waals surface area contributed by atoms with Crippen LogP contribution in [0.25, 0.3) is 0 Å². The van der Waals surface area contributed by atoms with Crippen LogP contribution in [0.5, 0.6) is 0 Å². The van der Waals surface area contributed by atoms with Gasteiger partial charge < -0.3 is 9.90 Å². The van der Waals surface area contributed by atoms with Crippen molar-refractivity contribution in [3.8, 4) is 0 Å². The minimum absolute atomic E-state index is 0.112. The highest BCUT2D eigenvalue weighted by Crippen LogP contribution is 2.25. The molecule has 2 aromatic rings. The number of nitro groups is 1. The number of hydrogen-bond acceptors (Lipinski definition) is 7. The van der Waals surface area contributed by atoms with Gasteiger partial charge in [-0.05, 0) is 27.6 Å². The molecule has 1 aromatic carbocycles. The number of aromatic carboxylic acids is 1. The third kappa shape index (κ3) is 3.03. The first-order chi connectivity index (χ1) is 9.47. The lowest BCUT2D eigenvalue weighted by Crippen LogP contribution is -2.23. The van der Waals surface area contributed by atoms with Crippen LogP contribution in [-0.4, -0.2) is 32.3 Å². The highest BCUT2D eigenvalue weighted by Gasteiger charge is 2.11. The first-order valence-electron chi connectivity index (χ1n) is 5.09. The molecule has 102 valence electrons. The van der Waals surface area contributed by atoms with Gasteiger partial charge in [0.05, 0.1) is 9.40 Å². The fourth-order valence-electron chi connectivity index (χ4n) is 1.28. The Morgan fingerprint density at radius 2 is 2.25 bits per heavy atom. The highest BCUT2D eigenvalue weighted by atomic mass is 79.9. The second-order valence-electron chi connectivity index (χ2n) is 3.50. The van der Waals surface area contributed by atoms with Gasteiger partial charge in [0.1, 0.15) is 5.97 Å². The maximum absolute atomic E-state index is 10.8. The number of carbonyl (C=O) groups excluding carboxylic acids is 1. The van der Waals surface area contributed by atoms with Gasteiger partial charge in [-0.3, -0.25) is 15.2 Å². The first-order valence-corrected chi connectivity index (χ1v) is 5.88. The lowest BCUT2D eigenvalue weighted by atomic mass is 10.2. The van der Waals surface area contributed by atoms with Crippen molar-refractivity contribution in [1.29, 1.82) is 0 Å². The van der Waals surface area contributed by atoms with Gasteiger partial charge in [-0.25, -0.2) is 4.99 Å². The smallest absolute Gasteiger partial charge is 0.284 e. The van der Waals surface area contributed by atoms with Crippen LogP contribution in [0.2, 0.25) is 0 Å². The van der Waals surface area contributed by atoms with Gasteiger partial charge in [0, 0.05) is 12.3 Å². The van der Waals surface area contributed by atoms with E-state index in [2.05, 4.69) is 36.1 Å². The SMILES string of the molecule is O=C([O-])c1nc(N=Cc2ccc(Br)c([N+](=O)[O-])c2)n[nH]1. The zero-order valence-corrected chi connectivity index (χ0v) is 11.2. The number of aliphatic imine (C=N–C) groups is 1. The van der Waals surface area contributed by atoms with Crippen molar-refractivity contribution in [1.82, 2.24) is 15.2 Å².